The molecule has 0 aliphatic rings. The van der Waals surface area contributed by atoms with Crippen LogP contribution in [0.25, 0.3) is 0 Å². The van der Waals surface area contributed by atoms with Crippen LogP contribution in [-0.4, -0.2) is 35.0 Å². The number of ether oxygens (including phenoxy) is 1. The van der Waals surface area contributed by atoms with E-state index in [9.17, 15) is 13.2 Å². The molecule has 1 N–H and O–H groups in total. The van der Waals surface area contributed by atoms with Crippen LogP contribution in [0.3, 0.4) is 0 Å². The van der Waals surface area contributed by atoms with Gasteiger partial charge < -0.3 is 10.1 Å². The lowest BCUT2D eigenvalue weighted by molar-refractivity contribution is -0.119. The van der Waals surface area contributed by atoms with Gasteiger partial charge in [-0.1, -0.05) is 29.3 Å². The van der Waals surface area contributed by atoms with E-state index in [2.05, 4.69) is 5.32 Å². The highest BCUT2D eigenvalue weighted by Gasteiger charge is 2.30. The summed E-state index contributed by atoms with van der Waals surface area (Å²) in [4.78, 5) is 11.9. The zero-order valence-electron chi connectivity index (χ0n) is 14.4. The van der Waals surface area contributed by atoms with E-state index in [0.717, 1.165) is 9.87 Å². The second-order valence-corrected chi connectivity index (χ2v) is 8.08. The molecule has 0 spiro atoms. The van der Waals surface area contributed by atoms with Crippen LogP contribution in [0, 0.1) is 6.92 Å². The second kappa shape index (κ2) is 8.16. The summed E-state index contributed by atoms with van der Waals surface area (Å²) in [5.41, 5.74) is 0.949. The van der Waals surface area contributed by atoms with Crippen molar-refractivity contribution in [1.82, 2.24) is 5.32 Å². The zero-order valence-corrected chi connectivity index (χ0v) is 16.7. The number of anilines is 1. The van der Waals surface area contributed by atoms with Crippen LogP contribution >= 0.6 is 23.2 Å². The van der Waals surface area contributed by atoms with Crippen LogP contribution in [0.1, 0.15) is 5.56 Å². The zero-order chi connectivity index (χ0) is 19.5. The molecule has 0 saturated carbocycles. The number of sulfonamides is 1. The molecule has 26 heavy (non-hydrogen) atoms. The van der Waals surface area contributed by atoms with Crippen molar-refractivity contribution in [3.63, 3.8) is 0 Å². The van der Waals surface area contributed by atoms with Crippen molar-refractivity contribution in [2.45, 2.75) is 11.8 Å². The van der Waals surface area contributed by atoms with Crippen LogP contribution < -0.4 is 14.4 Å². The number of methoxy groups -OCH3 is 1. The number of carbonyl (C=O) groups excluding carboxylic acids is 1. The molecule has 0 bridgehead atoms. The summed E-state index contributed by atoms with van der Waals surface area (Å²) in [6.07, 6.45) is 0. The Morgan fingerprint density at radius 2 is 1.85 bits per heavy atom. The molecule has 0 aliphatic carbocycles. The van der Waals surface area contributed by atoms with Crippen LogP contribution in [0.5, 0.6) is 5.75 Å². The van der Waals surface area contributed by atoms with E-state index < -0.39 is 22.5 Å². The number of carbonyl (C=O) groups is 1. The number of rotatable bonds is 6. The lowest BCUT2D eigenvalue weighted by Gasteiger charge is -2.25. The number of amides is 1. The number of nitrogens with one attached hydrogen (secondary N) is 1. The average molecular weight is 417 g/mol. The molecule has 9 heteroatoms. The molecule has 0 radical (unpaired) electrons. The number of benzene rings is 2. The summed E-state index contributed by atoms with van der Waals surface area (Å²) in [5, 5.41) is 2.88. The average Bonchev–Trinajstić information content (AvgIpc) is 2.61. The first-order valence-corrected chi connectivity index (χ1v) is 9.73. The molecule has 140 valence electrons. The minimum atomic E-state index is -4.11. The van der Waals surface area contributed by atoms with Crippen molar-refractivity contribution < 1.29 is 17.9 Å². The van der Waals surface area contributed by atoms with Crippen molar-refractivity contribution in [1.29, 1.82) is 0 Å². The molecule has 0 fully saturated rings. The third-order valence-electron chi connectivity index (χ3n) is 3.64. The highest BCUT2D eigenvalue weighted by molar-refractivity contribution is 7.93. The Bertz CT molecular complexity index is 932. The van der Waals surface area contributed by atoms with Gasteiger partial charge in [-0.3, -0.25) is 9.10 Å². The number of likely N-dealkylation sites (N-methyl/N-ethyl adjacent to an activating group) is 1. The lowest BCUT2D eigenvalue weighted by Crippen LogP contribution is -2.40. The normalized spacial score (nSPS) is 11.1. The van der Waals surface area contributed by atoms with Gasteiger partial charge in [-0.05, 0) is 42.8 Å². The maximum atomic E-state index is 13.3. The summed E-state index contributed by atoms with van der Waals surface area (Å²) >= 11 is 11.9. The molecule has 0 atom stereocenters. The number of hydrogen-bond acceptors (Lipinski definition) is 4. The topological polar surface area (TPSA) is 75.7 Å². The second-order valence-electron chi connectivity index (χ2n) is 5.44. The van der Waals surface area contributed by atoms with Gasteiger partial charge in [-0.2, -0.15) is 0 Å². The number of hydrogen-bond donors (Lipinski definition) is 1. The number of nitrogens with zero attached hydrogens (tertiary/aromatic N) is 1. The third-order valence-corrected chi connectivity index (χ3v) is 6.18. The summed E-state index contributed by atoms with van der Waals surface area (Å²) in [6, 6.07) is 9.14. The quantitative estimate of drug-likeness (QED) is 0.783. The Morgan fingerprint density at radius 1 is 1.15 bits per heavy atom. The van der Waals surface area contributed by atoms with E-state index in [-0.39, 0.29) is 26.4 Å². The van der Waals surface area contributed by atoms with Crippen molar-refractivity contribution in [2.24, 2.45) is 0 Å². The molecular weight excluding hydrogens is 399 g/mol. The molecule has 2 aromatic rings. The summed E-state index contributed by atoms with van der Waals surface area (Å²) in [7, 11) is -1.30. The summed E-state index contributed by atoms with van der Waals surface area (Å²) < 4.78 is 32.8. The first-order valence-electron chi connectivity index (χ1n) is 7.53. The van der Waals surface area contributed by atoms with Crippen LogP contribution in [0.4, 0.5) is 5.69 Å². The Hall–Kier alpha value is -1.96. The van der Waals surface area contributed by atoms with Crippen LogP contribution in [-0.2, 0) is 14.8 Å². The first kappa shape index (κ1) is 20.4. The molecule has 2 aromatic carbocycles. The summed E-state index contributed by atoms with van der Waals surface area (Å²) in [5.74, 6) is -0.302. The van der Waals surface area contributed by atoms with Gasteiger partial charge in [0.25, 0.3) is 10.0 Å². The Morgan fingerprint density at radius 3 is 2.42 bits per heavy atom. The van der Waals surface area contributed by atoms with Crippen LogP contribution in [0.15, 0.2) is 41.3 Å². The van der Waals surface area contributed by atoms with Gasteiger partial charge in [0.05, 0.1) is 22.8 Å². The maximum absolute atomic E-state index is 13.3. The molecule has 0 saturated heterocycles. The SMILES string of the molecule is CNC(=O)CN(c1ccc(Cl)c(Cl)c1)S(=O)(=O)c1cc(C)ccc1OC. The Kier molecular flexibility index (Phi) is 6.39. The fourth-order valence-electron chi connectivity index (χ4n) is 2.27. The van der Waals surface area contributed by atoms with Gasteiger partial charge in [0, 0.05) is 7.05 Å². The largest absolute Gasteiger partial charge is 0.495 e. The van der Waals surface area contributed by atoms with Crippen molar-refractivity contribution in [2.75, 3.05) is 25.0 Å². The van der Waals surface area contributed by atoms with Crippen LogP contribution in [0.2, 0.25) is 10.0 Å². The minimum absolute atomic E-state index is 0.0463. The predicted octanol–water partition coefficient (Wildman–Crippen LogP) is 3.25. The minimum Gasteiger partial charge on any atom is -0.495 e. The van der Waals surface area contributed by atoms with Gasteiger partial charge >= 0.3 is 0 Å². The third kappa shape index (κ3) is 4.23. The molecular formula is C17H18Cl2N2O4S. The highest BCUT2D eigenvalue weighted by Crippen LogP contribution is 2.33. The van der Waals surface area contributed by atoms with Gasteiger partial charge in [0.2, 0.25) is 5.91 Å². The predicted molar refractivity (Wildman–Crippen MR) is 103 cm³/mol. The van der Waals surface area contributed by atoms with Crippen molar-refractivity contribution >= 4 is 44.8 Å². The van der Waals surface area contributed by atoms with E-state index >= 15 is 0 Å². The molecule has 0 aromatic heterocycles. The molecule has 6 nitrogen and oxygen atoms in total. The molecule has 0 aliphatic heterocycles. The van der Waals surface area contributed by atoms with E-state index in [4.69, 9.17) is 27.9 Å². The van der Waals surface area contributed by atoms with Gasteiger partial charge in [-0.15, -0.1) is 0 Å². The van der Waals surface area contributed by atoms with Gasteiger partial charge in [-0.25, -0.2) is 8.42 Å². The molecule has 0 heterocycles. The lowest BCUT2D eigenvalue weighted by atomic mass is 10.2. The van der Waals surface area contributed by atoms with E-state index in [1.807, 2.05) is 0 Å². The van der Waals surface area contributed by atoms with Gasteiger partial charge in [0.1, 0.15) is 17.2 Å². The van der Waals surface area contributed by atoms with E-state index in [0.29, 0.717) is 0 Å². The number of halogens is 2. The van der Waals surface area contributed by atoms with Crippen molar-refractivity contribution in [3.05, 3.63) is 52.0 Å². The smallest absolute Gasteiger partial charge is 0.268 e. The standard InChI is InChI=1S/C17H18Cl2N2O4S/c1-11-4-7-15(25-3)16(8-11)26(23,24)21(10-17(22)20-2)12-5-6-13(18)14(19)9-12/h4-9H,10H2,1-3H3,(H,20,22). The monoisotopic (exact) mass is 416 g/mol. The van der Waals surface area contributed by atoms with Crippen molar-refractivity contribution in [3.8, 4) is 5.75 Å². The van der Waals surface area contributed by atoms with E-state index in [1.165, 1.54) is 38.4 Å². The maximum Gasteiger partial charge on any atom is 0.268 e. The fourth-order valence-corrected chi connectivity index (χ4v) is 4.22. The highest BCUT2D eigenvalue weighted by atomic mass is 35.5. The first-order chi connectivity index (χ1) is 12.2. The molecule has 1 amide bonds. The van der Waals surface area contributed by atoms with E-state index in [1.54, 1.807) is 19.1 Å². The summed E-state index contributed by atoms with van der Waals surface area (Å²) in [6.45, 7) is 1.34. The molecule has 2 rings (SSSR count). The molecule has 0 unspecified atom stereocenters. The van der Waals surface area contributed by atoms with Gasteiger partial charge in [0.15, 0.2) is 0 Å². The number of aryl methyl sites for hydroxylation is 1. The fraction of sp³-hybridized carbons (Fsp3) is 0.235. The Balaban J connectivity index is 2.65. The Labute approximate surface area is 162 Å².